The molecule has 21 heavy (non-hydrogen) atoms. The summed E-state index contributed by atoms with van der Waals surface area (Å²) in [5, 5.41) is 6.27. The zero-order valence-electron chi connectivity index (χ0n) is 13.3. The highest BCUT2D eigenvalue weighted by atomic mass is 35.5. The lowest BCUT2D eigenvalue weighted by Gasteiger charge is -2.19. The van der Waals surface area contributed by atoms with E-state index in [0.29, 0.717) is 24.8 Å². The fraction of sp³-hybridized carbons (Fsp3) is 0.867. The van der Waals surface area contributed by atoms with Crippen molar-refractivity contribution in [1.82, 2.24) is 15.5 Å². The van der Waals surface area contributed by atoms with Gasteiger partial charge in [-0.05, 0) is 18.3 Å². The van der Waals surface area contributed by atoms with Crippen LogP contribution in [0, 0.1) is 17.3 Å². The maximum Gasteiger partial charge on any atom is 0.225 e. The molecular weight excluding hydrogens is 290 g/mol. The number of nitrogens with one attached hydrogen (secondary N) is 2. The molecule has 2 fully saturated rings. The summed E-state index contributed by atoms with van der Waals surface area (Å²) < 4.78 is 0. The van der Waals surface area contributed by atoms with Gasteiger partial charge in [-0.15, -0.1) is 12.4 Å². The number of amides is 2. The van der Waals surface area contributed by atoms with Crippen molar-refractivity contribution in [3.05, 3.63) is 0 Å². The molecule has 2 atom stereocenters. The molecule has 0 radical (unpaired) electrons. The molecule has 2 N–H and O–H groups in total. The average Bonchev–Trinajstić information content (AvgIpc) is 2.93. The first-order chi connectivity index (χ1) is 9.38. The maximum atomic E-state index is 12.1. The number of halogens is 1. The summed E-state index contributed by atoms with van der Waals surface area (Å²) in [4.78, 5) is 25.8. The molecule has 0 bridgehead atoms. The number of carbonyl (C=O) groups is 2. The third-order valence-electron chi connectivity index (χ3n) is 4.28. The van der Waals surface area contributed by atoms with Gasteiger partial charge in [0.15, 0.2) is 0 Å². The quantitative estimate of drug-likeness (QED) is 0.761. The van der Waals surface area contributed by atoms with Crippen LogP contribution in [-0.4, -0.2) is 49.4 Å². The Labute approximate surface area is 133 Å². The number of nitrogens with zero attached hydrogens (tertiary/aromatic N) is 1. The van der Waals surface area contributed by atoms with Crippen molar-refractivity contribution in [3.63, 3.8) is 0 Å². The molecule has 0 saturated carbocycles. The van der Waals surface area contributed by atoms with Crippen molar-refractivity contribution in [2.45, 2.75) is 33.6 Å². The van der Waals surface area contributed by atoms with Crippen LogP contribution in [0.3, 0.4) is 0 Å². The Kier molecular flexibility index (Phi) is 6.47. The topological polar surface area (TPSA) is 61.4 Å². The molecular formula is C15H28ClN3O2. The predicted molar refractivity (Wildman–Crippen MR) is 85.4 cm³/mol. The molecule has 6 heteroatoms. The maximum absolute atomic E-state index is 12.1. The molecule has 0 unspecified atom stereocenters. The first-order valence-electron chi connectivity index (χ1n) is 7.64. The average molecular weight is 318 g/mol. The second-order valence-electron chi connectivity index (χ2n) is 7.09. The first kappa shape index (κ1) is 18.2. The Morgan fingerprint density at radius 2 is 1.76 bits per heavy atom. The van der Waals surface area contributed by atoms with E-state index in [1.165, 1.54) is 0 Å². The van der Waals surface area contributed by atoms with E-state index < -0.39 is 0 Å². The van der Waals surface area contributed by atoms with Crippen LogP contribution >= 0.6 is 12.4 Å². The Balaban J connectivity index is 0.00000220. The normalized spacial score (nSPS) is 24.4. The molecule has 122 valence electrons. The van der Waals surface area contributed by atoms with E-state index in [1.54, 1.807) is 0 Å². The summed E-state index contributed by atoms with van der Waals surface area (Å²) in [5.41, 5.74) is -0.358. The van der Waals surface area contributed by atoms with Crippen LogP contribution in [0.25, 0.3) is 0 Å². The number of rotatable bonds is 4. The molecule has 5 nitrogen and oxygen atoms in total. The van der Waals surface area contributed by atoms with Gasteiger partial charge in [0.2, 0.25) is 11.8 Å². The van der Waals surface area contributed by atoms with Gasteiger partial charge in [0, 0.05) is 44.6 Å². The molecule has 2 amide bonds. The second-order valence-corrected chi connectivity index (χ2v) is 7.09. The van der Waals surface area contributed by atoms with Crippen LogP contribution in [0.1, 0.15) is 33.6 Å². The minimum absolute atomic E-state index is 0. The summed E-state index contributed by atoms with van der Waals surface area (Å²) in [6, 6.07) is 0. The van der Waals surface area contributed by atoms with E-state index in [0.717, 1.165) is 32.6 Å². The monoisotopic (exact) mass is 317 g/mol. The Bertz CT molecular complexity index is 370. The fourth-order valence-corrected chi connectivity index (χ4v) is 2.92. The van der Waals surface area contributed by atoms with E-state index in [-0.39, 0.29) is 29.6 Å². The number of carbonyl (C=O) groups excluding carboxylic acids is 2. The van der Waals surface area contributed by atoms with Gasteiger partial charge in [0.1, 0.15) is 0 Å². The van der Waals surface area contributed by atoms with Crippen LogP contribution in [0.5, 0.6) is 0 Å². The van der Waals surface area contributed by atoms with Gasteiger partial charge in [-0.2, -0.15) is 0 Å². The van der Waals surface area contributed by atoms with Crippen LogP contribution in [-0.2, 0) is 9.59 Å². The molecule has 0 aromatic heterocycles. The summed E-state index contributed by atoms with van der Waals surface area (Å²) in [6.45, 7) is 10.2. The van der Waals surface area contributed by atoms with Gasteiger partial charge < -0.3 is 15.5 Å². The van der Waals surface area contributed by atoms with Crippen molar-refractivity contribution < 1.29 is 9.59 Å². The lowest BCUT2D eigenvalue weighted by atomic mass is 9.96. The van der Waals surface area contributed by atoms with E-state index in [9.17, 15) is 9.59 Å². The van der Waals surface area contributed by atoms with Crippen LogP contribution < -0.4 is 10.6 Å². The molecule has 2 heterocycles. The summed E-state index contributed by atoms with van der Waals surface area (Å²) >= 11 is 0. The van der Waals surface area contributed by atoms with Gasteiger partial charge in [0.05, 0.1) is 0 Å². The highest BCUT2D eigenvalue weighted by molar-refractivity contribution is 5.85. The third-order valence-corrected chi connectivity index (χ3v) is 4.28. The lowest BCUT2D eigenvalue weighted by Crippen LogP contribution is -2.36. The van der Waals surface area contributed by atoms with Crippen molar-refractivity contribution in [2.24, 2.45) is 17.3 Å². The summed E-state index contributed by atoms with van der Waals surface area (Å²) in [7, 11) is 0. The largest absolute Gasteiger partial charge is 0.356 e. The first-order valence-corrected chi connectivity index (χ1v) is 7.64. The van der Waals surface area contributed by atoms with E-state index in [4.69, 9.17) is 0 Å². The Hall–Kier alpha value is -0.810. The van der Waals surface area contributed by atoms with Gasteiger partial charge >= 0.3 is 0 Å². The van der Waals surface area contributed by atoms with E-state index in [2.05, 4.69) is 10.6 Å². The lowest BCUT2D eigenvalue weighted by molar-refractivity contribution is -0.131. The molecule has 0 aliphatic carbocycles. The SMILES string of the molecule is CC(C)(C)C(=O)NCCCC(=O)N1C[C@H]2CNC[C@H]2C1.Cl. The smallest absolute Gasteiger partial charge is 0.225 e. The predicted octanol–water partition coefficient (Wildman–Crippen LogP) is 1.03. The van der Waals surface area contributed by atoms with Gasteiger partial charge in [0.25, 0.3) is 0 Å². The Morgan fingerprint density at radius 3 is 2.29 bits per heavy atom. The zero-order valence-corrected chi connectivity index (χ0v) is 14.1. The molecule has 0 aromatic carbocycles. The molecule has 2 aliphatic rings. The Morgan fingerprint density at radius 1 is 1.19 bits per heavy atom. The molecule has 2 saturated heterocycles. The van der Waals surface area contributed by atoms with Crippen LogP contribution in [0.15, 0.2) is 0 Å². The fourth-order valence-electron chi connectivity index (χ4n) is 2.92. The highest BCUT2D eigenvalue weighted by Crippen LogP contribution is 2.26. The van der Waals surface area contributed by atoms with Crippen molar-refractivity contribution in [1.29, 1.82) is 0 Å². The van der Waals surface area contributed by atoms with Crippen molar-refractivity contribution >= 4 is 24.2 Å². The zero-order chi connectivity index (χ0) is 14.8. The molecule has 0 spiro atoms. The van der Waals surface area contributed by atoms with Crippen molar-refractivity contribution in [3.8, 4) is 0 Å². The third kappa shape index (κ3) is 4.85. The minimum Gasteiger partial charge on any atom is -0.356 e. The van der Waals surface area contributed by atoms with E-state index >= 15 is 0 Å². The standard InChI is InChI=1S/C15H27N3O2.ClH/c1-15(2,3)14(20)17-6-4-5-13(19)18-9-11-7-16-8-12(11)10-18;/h11-12,16H,4-10H2,1-3H3,(H,17,20);1H/t11-,12+;. The number of hydrogen-bond acceptors (Lipinski definition) is 3. The number of fused-ring (bicyclic) bond motifs is 1. The van der Waals surface area contributed by atoms with E-state index in [1.807, 2.05) is 25.7 Å². The number of hydrogen-bond donors (Lipinski definition) is 2. The van der Waals surface area contributed by atoms with Crippen LogP contribution in [0.4, 0.5) is 0 Å². The van der Waals surface area contributed by atoms with Gasteiger partial charge in [-0.25, -0.2) is 0 Å². The highest BCUT2D eigenvalue weighted by Gasteiger charge is 2.37. The molecule has 0 aromatic rings. The molecule has 2 aliphatic heterocycles. The second kappa shape index (κ2) is 7.45. The molecule has 2 rings (SSSR count). The summed E-state index contributed by atoms with van der Waals surface area (Å²) in [5.74, 6) is 1.59. The minimum atomic E-state index is -0.358. The van der Waals surface area contributed by atoms with Gasteiger partial charge in [-0.3, -0.25) is 9.59 Å². The van der Waals surface area contributed by atoms with Gasteiger partial charge in [-0.1, -0.05) is 20.8 Å². The van der Waals surface area contributed by atoms with Crippen molar-refractivity contribution in [2.75, 3.05) is 32.7 Å². The number of likely N-dealkylation sites (tertiary alicyclic amines) is 1. The van der Waals surface area contributed by atoms with Crippen LogP contribution in [0.2, 0.25) is 0 Å². The summed E-state index contributed by atoms with van der Waals surface area (Å²) in [6.07, 6.45) is 1.27.